The van der Waals surface area contributed by atoms with E-state index in [9.17, 15) is 9.18 Å². The van der Waals surface area contributed by atoms with Crippen molar-refractivity contribution >= 4 is 41.1 Å². The fourth-order valence-electron chi connectivity index (χ4n) is 3.92. The van der Waals surface area contributed by atoms with Crippen LogP contribution in [0.3, 0.4) is 0 Å². The lowest BCUT2D eigenvalue weighted by atomic mass is 9.98. The van der Waals surface area contributed by atoms with Crippen molar-refractivity contribution in [3.8, 4) is 11.5 Å². The summed E-state index contributed by atoms with van der Waals surface area (Å²) in [5.41, 5.74) is 5.94. The van der Waals surface area contributed by atoms with E-state index in [1.54, 1.807) is 59.0 Å². The van der Waals surface area contributed by atoms with Crippen molar-refractivity contribution in [1.82, 2.24) is 10.3 Å². The van der Waals surface area contributed by atoms with E-state index in [2.05, 4.69) is 10.4 Å². The van der Waals surface area contributed by atoms with Gasteiger partial charge in [-0.1, -0.05) is 35.3 Å². The molecule has 0 fully saturated rings. The molecule has 0 unspecified atom stereocenters. The molecule has 34 heavy (non-hydrogen) atoms. The second-order valence-corrected chi connectivity index (χ2v) is 8.66. The van der Waals surface area contributed by atoms with Crippen molar-refractivity contribution in [2.24, 2.45) is 4.99 Å². The number of anilines is 1. The Balaban J connectivity index is 1.33. The van der Waals surface area contributed by atoms with E-state index in [-0.39, 0.29) is 11.7 Å². The lowest BCUT2D eigenvalue weighted by Crippen LogP contribution is -2.37. The fraction of sp³-hybridized carbons (Fsp3) is 0.120. The topological polar surface area (TPSA) is 57.2 Å². The molecule has 5 rings (SSSR count). The first-order chi connectivity index (χ1) is 16.5. The highest BCUT2D eigenvalue weighted by Gasteiger charge is 2.25. The smallest absolute Gasteiger partial charge is 0.254 e. The molecule has 2 aliphatic rings. The monoisotopic (exact) mass is 496 g/mol. The Labute approximate surface area is 205 Å². The number of rotatable bonds is 5. The van der Waals surface area contributed by atoms with Crippen molar-refractivity contribution in [1.29, 1.82) is 0 Å². The van der Waals surface area contributed by atoms with Gasteiger partial charge in [-0.05, 0) is 60.0 Å². The van der Waals surface area contributed by atoms with Crippen LogP contribution < -0.4 is 15.2 Å². The van der Waals surface area contributed by atoms with Gasteiger partial charge in [0, 0.05) is 31.1 Å². The van der Waals surface area contributed by atoms with Crippen LogP contribution in [0.25, 0.3) is 0 Å². The van der Waals surface area contributed by atoms with Crippen LogP contribution in [0.15, 0.2) is 72.0 Å². The molecule has 0 saturated heterocycles. The molecule has 3 aromatic carbocycles. The summed E-state index contributed by atoms with van der Waals surface area (Å²) >= 11 is 12.9. The molecule has 0 bridgehead atoms. The summed E-state index contributed by atoms with van der Waals surface area (Å²) in [6, 6.07) is 15.0. The van der Waals surface area contributed by atoms with E-state index in [0.29, 0.717) is 52.3 Å². The lowest BCUT2D eigenvalue weighted by Gasteiger charge is -2.29. The standard InChI is InChI=1S/C25H19Cl2FN4O2/c26-22-12-19(32-15-29-7-8-30-32)13-23(27)24(22)34-20-4-5-21-17(11-20)6-9-31(25(21)33)14-16-2-1-3-18(28)10-16/h1-5,7-8,10-13,15,30H,6,9,14H2. The van der Waals surface area contributed by atoms with Gasteiger partial charge in [0.05, 0.1) is 15.7 Å². The number of ether oxygens (including phenoxy) is 1. The minimum atomic E-state index is -0.313. The molecule has 6 nitrogen and oxygen atoms in total. The summed E-state index contributed by atoms with van der Waals surface area (Å²) in [6.45, 7) is 0.888. The SMILES string of the molecule is O=C1c2ccc(Oc3c(Cl)cc(N4C=NC=CN4)cc3Cl)cc2CCN1Cc1cccc(F)c1. The number of nitrogens with zero attached hydrogens (tertiary/aromatic N) is 3. The Bertz CT molecular complexity index is 1310. The molecule has 0 saturated carbocycles. The van der Waals surface area contributed by atoms with Gasteiger partial charge in [-0.15, -0.1) is 0 Å². The number of hydrogen-bond acceptors (Lipinski definition) is 5. The maximum Gasteiger partial charge on any atom is 0.254 e. The van der Waals surface area contributed by atoms with Crippen molar-refractivity contribution in [2.45, 2.75) is 13.0 Å². The van der Waals surface area contributed by atoms with E-state index in [1.807, 2.05) is 12.1 Å². The van der Waals surface area contributed by atoms with Crippen LogP contribution in [0.4, 0.5) is 10.1 Å². The van der Waals surface area contributed by atoms with Crippen LogP contribution in [0.1, 0.15) is 21.5 Å². The normalized spacial score (nSPS) is 14.7. The van der Waals surface area contributed by atoms with E-state index >= 15 is 0 Å². The molecule has 9 heteroatoms. The van der Waals surface area contributed by atoms with Gasteiger partial charge < -0.3 is 9.64 Å². The number of aliphatic imine (C=N–C) groups is 1. The Hall–Kier alpha value is -3.55. The lowest BCUT2D eigenvalue weighted by molar-refractivity contribution is 0.0727. The van der Waals surface area contributed by atoms with Crippen LogP contribution in [0, 0.1) is 5.82 Å². The number of carbonyl (C=O) groups is 1. The quantitative estimate of drug-likeness (QED) is 0.474. The first kappa shape index (κ1) is 22.3. The van der Waals surface area contributed by atoms with Gasteiger partial charge in [0.1, 0.15) is 17.9 Å². The van der Waals surface area contributed by atoms with Gasteiger partial charge in [-0.3, -0.25) is 10.2 Å². The summed E-state index contributed by atoms with van der Waals surface area (Å²) in [5.74, 6) is 0.447. The minimum absolute atomic E-state index is 0.0952. The summed E-state index contributed by atoms with van der Waals surface area (Å²) in [4.78, 5) is 18.8. The zero-order chi connectivity index (χ0) is 23.7. The zero-order valence-electron chi connectivity index (χ0n) is 17.8. The number of hydrogen-bond donors (Lipinski definition) is 1. The van der Waals surface area contributed by atoms with Crippen LogP contribution in [0.5, 0.6) is 11.5 Å². The maximum atomic E-state index is 13.5. The Morgan fingerprint density at radius 2 is 1.91 bits per heavy atom. The molecular formula is C25H19Cl2FN4O2. The number of carbonyl (C=O) groups excluding carboxylic acids is 1. The molecule has 2 heterocycles. The fourth-order valence-corrected chi connectivity index (χ4v) is 4.47. The highest BCUT2D eigenvalue weighted by atomic mass is 35.5. The molecule has 0 aliphatic carbocycles. The van der Waals surface area contributed by atoms with Crippen molar-refractivity contribution < 1.29 is 13.9 Å². The largest absolute Gasteiger partial charge is 0.454 e. The van der Waals surface area contributed by atoms with Crippen LogP contribution in [0.2, 0.25) is 10.0 Å². The molecule has 0 aromatic heterocycles. The van der Waals surface area contributed by atoms with Crippen LogP contribution >= 0.6 is 23.2 Å². The molecule has 0 radical (unpaired) electrons. The molecule has 3 aromatic rings. The van der Waals surface area contributed by atoms with E-state index in [4.69, 9.17) is 27.9 Å². The predicted molar refractivity (Wildman–Crippen MR) is 131 cm³/mol. The van der Waals surface area contributed by atoms with Crippen LogP contribution in [-0.4, -0.2) is 23.7 Å². The van der Waals surface area contributed by atoms with E-state index in [0.717, 1.165) is 11.1 Å². The highest BCUT2D eigenvalue weighted by Crippen LogP contribution is 2.40. The molecule has 2 aliphatic heterocycles. The Kier molecular flexibility index (Phi) is 6.13. The number of amides is 1. The van der Waals surface area contributed by atoms with E-state index in [1.165, 1.54) is 12.1 Å². The summed E-state index contributed by atoms with van der Waals surface area (Å²) in [6.07, 6.45) is 5.56. The van der Waals surface area contributed by atoms with Gasteiger partial charge in [-0.2, -0.15) is 0 Å². The van der Waals surface area contributed by atoms with Gasteiger partial charge in [-0.25, -0.2) is 14.4 Å². The molecular weight excluding hydrogens is 478 g/mol. The van der Waals surface area contributed by atoms with Gasteiger partial charge in [0.2, 0.25) is 0 Å². The Morgan fingerprint density at radius 3 is 2.65 bits per heavy atom. The minimum Gasteiger partial charge on any atom is -0.454 e. The summed E-state index contributed by atoms with van der Waals surface area (Å²) in [5, 5.41) is 2.34. The molecule has 1 N–H and O–H groups in total. The average Bonchev–Trinajstić information content (AvgIpc) is 2.84. The van der Waals surface area contributed by atoms with Crippen LogP contribution in [-0.2, 0) is 13.0 Å². The Morgan fingerprint density at radius 1 is 1.09 bits per heavy atom. The number of nitrogens with one attached hydrogen (secondary N) is 1. The van der Waals surface area contributed by atoms with Crippen molar-refractivity contribution in [3.63, 3.8) is 0 Å². The molecule has 0 spiro atoms. The van der Waals surface area contributed by atoms with Crippen molar-refractivity contribution in [2.75, 3.05) is 11.6 Å². The first-order valence-corrected chi connectivity index (χ1v) is 11.3. The average molecular weight is 497 g/mol. The van der Waals surface area contributed by atoms with Gasteiger partial charge >= 0.3 is 0 Å². The summed E-state index contributed by atoms with van der Waals surface area (Å²) in [7, 11) is 0. The third-order valence-electron chi connectivity index (χ3n) is 5.55. The number of halogens is 3. The first-order valence-electron chi connectivity index (χ1n) is 10.6. The van der Waals surface area contributed by atoms with E-state index < -0.39 is 0 Å². The number of benzene rings is 3. The highest BCUT2D eigenvalue weighted by molar-refractivity contribution is 6.37. The predicted octanol–water partition coefficient (Wildman–Crippen LogP) is 5.95. The number of hydrazine groups is 1. The third-order valence-corrected chi connectivity index (χ3v) is 6.11. The van der Waals surface area contributed by atoms with Crippen molar-refractivity contribution in [3.05, 3.63) is 99.6 Å². The maximum absolute atomic E-state index is 13.5. The zero-order valence-corrected chi connectivity index (χ0v) is 19.4. The molecule has 0 atom stereocenters. The second-order valence-electron chi connectivity index (χ2n) is 7.85. The van der Waals surface area contributed by atoms with Gasteiger partial charge in [0.25, 0.3) is 5.91 Å². The van der Waals surface area contributed by atoms with Gasteiger partial charge in [0.15, 0.2) is 5.75 Å². The second kappa shape index (κ2) is 9.37. The summed E-state index contributed by atoms with van der Waals surface area (Å²) < 4.78 is 19.5. The molecule has 172 valence electrons. The molecule has 1 amide bonds. The number of fused-ring (bicyclic) bond motifs is 1. The third kappa shape index (κ3) is 4.58.